The summed E-state index contributed by atoms with van der Waals surface area (Å²) in [4.78, 5) is 27.7. The number of nitrogens with one attached hydrogen (secondary N) is 1. The second kappa shape index (κ2) is 11.6. The van der Waals surface area contributed by atoms with E-state index in [9.17, 15) is 9.59 Å². The lowest BCUT2D eigenvalue weighted by atomic mass is 10.1. The van der Waals surface area contributed by atoms with Crippen molar-refractivity contribution < 1.29 is 14.3 Å². The van der Waals surface area contributed by atoms with Crippen LogP contribution < -0.4 is 5.32 Å². The molecule has 2 atom stereocenters. The number of nitrogens with zero attached hydrogens (tertiary/aromatic N) is 1. The Hall–Kier alpha value is -1.24. The molecule has 27 heavy (non-hydrogen) atoms. The number of thioether (sulfide) groups is 1. The van der Waals surface area contributed by atoms with Crippen molar-refractivity contribution in [3.05, 3.63) is 34.9 Å². The van der Waals surface area contributed by atoms with Crippen LogP contribution in [-0.4, -0.2) is 54.1 Å². The first-order chi connectivity index (χ1) is 13.1. The van der Waals surface area contributed by atoms with Crippen molar-refractivity contribution >= 4 is 35.2 Å². The molecular formula is C20H29ClN2O3S. The third-order valence-corrected chi connectivity index (χ3v) is 6.17. The molecule has 1 aromatic rings. The summed E-state index contributed by atoms with van der Waals surface area (Å²) in [6.07, 6.45) is 4.96. The van der Waals surface area contributed by atoms with Crippen LogP contribution in [0.15, 0.2) is 24.3 Å². The number of halogens is 1. The van der Waals surface area contributed by atoms with E-state index >= 15 is 0 Å². The number of ether oxygens (including phenoxy) is 1. The number of hydrogen-bond acceptors (Lipinski definition) is 4. The number of hydrogen-bond donors (Lipinski definition) is 1. The van der Waals surface area contributed by atoms with Crippen molar-refractivity contribution in [1.82, 2.24) is 10.2 Å². The van der Waals surface area contributed by atoms with E-state index in [2.05, 4.69) is 12.2 Å². The van der Waals surface area contributed by atoms with Crippen LogP contribution >= 0.6 is 23.4 Å². The van der Waals surface area contributed by atoms with Gasteiger partial charge in [-0.05, 0) is 31.0 Å². The number of carbonyl (C=O) groups is 2. The molecule has 1 N–H and O–H groups in total. The maximum absolute atomic E-state index is 13.2. The summed E-state index contributed by atoms with van der Waals surface area (Å²) >= 11 is 7.76. The van der Waals surface area contributed by atoms with E-state index in [1.54, 1.807) is 48.0 Å². The van der Waals surface area contributed by atoms with Gasteiger partial charge in [-0.1, -0.05) is 43.9 Å². The van der Waals surface area contributed by atoms with Crippen molar-refractivity contribution in [2.24, 2.45) is 0 Å². The minimum absolute atomic E-state index is 0.0257. The van der Waals surface area contributed by atoms with Gasteiger partial charge < -0.3 is 15.0 Å². The molecule has 1 heterocycles. The van der Waals surface area contributed by atoms with E-state index in [4.69, 9.17) is 16.3 Å². The molecule has 0 spiro atoms. The van der Waals surface area contributed by atoms with Gasteiger partial charge >= 0.3 is 0 Å². The van der Waals surface area contributed by atoms with E-state index < -0.39 is 6.04 Å². The molecule has 1 aliphatic rings. The second-order valence-corrected chi connectivity index (χ2v) is 8.31. The molecule has 0 aromatic heterocycles. The number of amides is 2. The van der Waals surface area contributed by atoms with E-state index in [1.165, 1.54) is 0 Å². The van der Waals surface area contributed by atoms with Gasteiger partial charge in [0, 0.05) is 36.6 Å². The van der Waals surface area contributed by atoms with Crippen LogP contribution in [0.2, 0.25) is 5.02 Å². The third-order valence-electron chi connectivity index (χ3n) is 4.58. The largest absolute Gasteiger partial charge is 0.385 e. The van der Waals surface area contributed by atoms with Crippen molar-refractivity contribution in [3.8, 4) is 0 Å². The van der Waals surface area contributed by atoms with Crippen LogP contribution in [0, 0.1) is 0 Å². The van der Waals surface area contributed by atoms with Gasteiger partial charge in [0.15, 0.2) is 0 Å². The van der Waals surface area contributed by atoms with Crippen molar-refractivity contribution in [1.29, 1.82) is 0 Å². The van der Waals surface area contributed by atoms with Gasteiger partial charge in [0.2, 0.25) is 5.91 Å². The number of carbonyl (C=O) groups excluding carboxylic acids is 2. The Morgan fingerprint density at radius 2 is 2.15 bits per heavy atom. The highest BCUT2D eigenvalue weighted by Crippen LogP contribution is 2.34. The quantitative estimate of drug-likeness (QED) is 0.591. The molecule has 2 rings (SSSR count). The summed E-state index contributed by atoms with van der Waals surface area (Å²) in [6.45, 7) is 3.31. The zero-order chi connectivity index (χ0) is 19.6. The minimum atomic E-state index is -0.448. The SMILES string of the molecule is CCCCCC1SCC(C(=O)NCCCOC)N1C(=O)c1cccc(Cl)c1. The highest BCUT2D eigenvalue weighted by atomic mass is 35.5. The normalized spacial score (nSPS) is 19.3. The smallest absolute Gasteiger partial charge is 0.255 e. The number of methoxy groups -OCH3 is 1. The van der Waals surface area contributed by atoms with Crippen molar-refractivity contribution in [2.45, 2.75) is 50.4 Å². The fraction of sp³-hybridized carbons (Fsp3) is 0.600. The van der Waals surface area contributed by atoms with Gasteiger partial charge in [0.1, 0.15) is 6.04 Å². The van der Waals surface area contributed by atoms with E-state index in [0.717, 1.165) is 32.1 Å². The number of unbranched alkanes of at least 4 members (excludes halogenated alkanes) is 2. The molecule has 2 unspecified atom stereocenters. The summed E-state index contributed by atoms with van der Waals surface area (Å²) in [5.41, 5.74) is 0.530. The zero-order valence-corrected chi connectivity index (χ0v) is 17.7. The van der Waals surface area contributed by atoms with Crippen molar-refractivity contribution in [2.75, 3.05) is 26.0 Å². The Morgan fingerprint density at radius 3 is 2.85 bits per heavy atom. The molecule has 1 fully saturated rings. The zero-order valence-electron chi connectivity index (χ0n) is 16.1. The van der Waals surface area contributed by atoms with Crippen molar-refractivity contribution in [3.63, 3.8) is 0 Å². The third kappa shape index (κ3) is 6.40. The predicted octanol–water partition coefficient (Wildman–Crippen LogP) is 3.96. The Balaban J connectivity index is 2.11. The van der Waals surface area contributed by atoms with Crippen LogP contribution in [0.3, 0.4) is 0 Å². The molecule has 1 aliphatic heterocycles. The van der Waals surface area contributed by atoms with Crippen LogP contribution in [-0.2, 0) is 9.53 Å². The Kier molecular flexibility index (Phi) is 9.45. The number of rotatable bonds is 10. The fourth-order valence-electron chi connectivity index (χ4n) is 3.15. The van der Waals surface area contributed by atoms with Crippen LogP contribution in [0.4, 0.5) is 0 Å². The van der Waals surface area contributed by atoms with Gasteiger partial charge in [-0.2, -0.15) is 0 Å². The molecule has 0 radical (unpaired) electrons. The monoisotopic (exact) mass is 412 g/mol. The summed E-state index contributed by atoms with van der Waals surface area (Å²) in [5, 5.41) is 3.49. The maximum atomic E-state index is 13.2. The second-order valence-electron chi connectivity index (χ2n) is 6.66. The first-order valence-electron chi connectivity index (χ1n) is 9.55. The first kappa shape index (κ1) is 22.1. The lowest BCUT2D eigenvalue weighted by Gasteiger charge is -2.29. The van der Waals surface area contributed by atoms with Gasteiger partial charge in [-0.15, -0.1) is 11.8 Å². The fourth-order valence-corrected chi connectivity index (χ4v) is 4.79. The number of benzene rings is 1. The Morgan fingerprint density at radius 1 is 1.33 bits per heavy atom. The van der Waals surface area contributed by atoms with E-state index in [0.29, 0.717) is 29.5 Å². The van der Waals surface area contributed by atoms with Crippen LogP contribution in [0.25, 0.3) is 0 Å². The van der Waals surface area contributed by atoms with Gasteiger partial charge in [-0.3, -0.25) is 9.59 Å². The lowest BCUT2D eigenvalue weighted by molar-refractivity contribution is -0.124. The molecule has 0 aliphatic carbocycles. The Bertz CT molecular complexity index is 629. The molecule has 1 aromatic carbocycles. The molecular weight excluding hydrogens is 384 g/mol. The Labute approximate surface area is 171 Å². The molecule has 5 nitrogen and oxygen atoms in total. The average molecular weight is 413 g/mol. The molecule has 0 saturated carbocycles. The molecule has 1 saturated heterocycles. The maximum Gasteiger partial charge on any atom is 0.255 e. The predicted molar refractivity (Wildman–Crippen MR) is 111 cm³/mol. The summed E-state index contributed by atoms with van der Waals surface area (Å²) in [7, 11) is 1.64. The van der Waals surface area contributed by atoms with Gasteiger partial charge in [0.05, 0.1) is 5.37 Å². The highest BCUT2D eigenvalue weighted by molar-refractivity contribution is 8.00. The summed E-state index contributed by atoms with van der Waals surface area (Å²) in [5.74, 6) is 0.409. The minimum Gasteiger partial charge on any atom is -0.385 e. The van der Waals surface area contributed by atoms with Gasteiger partial charge in [-0.25, -0.2) is 0 Å². The van der Waals surface area contributed by atoms with Crippen LogP contribution in [0.1, 0.15) is 49.4 Å². The molecule has 0 bridgehead atoms. The lowest BCUT2D eigenvalue weighted by Crippen LogP contribution is -2.50. The average Bonchev–Trinajstić information content (AvgIpc) is 3.08. The van der Waals surface area contributed by atoms with E-state index in [1.807, 2.05) is 0 Å². The topological polar surface area (TPSA) is 58.6 Å². The summed E-state index contributed by atoms with van der Waals surface area (Å²) < 4.78 is 5.02. The molecule has 2 amide bonds. The standard InChI is InChI=1S/C20H29ClN2O3S/c1-3-4-5-10-18-23(20(25)15-8-6-9-16(21)13-15)17(14-27-18)19(24)22-11-7-12-26-2/h6,8-9,13,17-18H,3-5,7,10-12,14H2,1-2H3,(H,22,24). The van der Waals surface area contributed by atoms with Gasteiger partial charge in [0.25, 0.3) is 5.91 Å². The van der Waals surface area contributed by atoms with E-state index in [-0.39, 0.29) is 17.2 Å². The highest BCUT2D eigenvalue weighted by Gasteiger charge is 2.41. The molecule has 150 valence electrons. The van der Waals surface area contributed by atoms with Crippen LogP contribution in [0.5, 0.6) is 0 Å². The first-order valence-corrected chi connectivity index (χ1v) is 11.0. The summed E-state index contributed by atoms with van der Waals surface area (Å²) in [6, 6.07) is 6.49. The molecule has 7 heteroatoms.